The number of hydrogen-bond donors (Lipinski definition) is 0. The quantitative estimate of drug-likeness (QED) is 0.364. The van der Waals surface area contributed by atoms with Gasteiger partial charge in [0.25, 0.3) is 11.6 Å². The van der Waals surface area contributed by atoms with Crippen molar-refractivity contribution in [2.75, 3.05) is 4.90 Å². The largest absolute Gasteiger partial charge is 0.459 e. The smallest absolute Gasteiger partial charge is 0.298 e. The number of nitro benzene ring substituents is 1. The number of hydrogen-bond acceptors (Lipinski definition) is 6. The van der Waals surface area contributed by atoms with Crippen LogP contribution in [0.3, 0.4) is 0 Å². The third kappa shape index (κ3) is 3.21. The van der Waals surface area contributed by atoms with E-state index in [1.165, 1.54) is 59.5 Å². The van der Waals surface area contributed by atoms with E-state index in [-0.39, 0.29) is 17.2 Å². The van der Waals surface area contributed by atoms with Crippen molar-refractivity contribution in [1.29, 1.82) is 0 Å². The Morgan fingerprint density at radius 2 is 1.82 bits per heavy atom. The second kappa shape index (κ2) is 7.16. The molecule has 4 rings (SSSR count). The van der Waals surface area contributed by atoms with Crippen molar-refractivity contribution in [2.24, 2.45) is 0 Å². The average Bonchev–Trinajstić information content (AvgIpc) is 3.35. The number of fused-ring (bicyclic) bond motifs is 1. The van der Waals surface area contributed by atoms with E-state index in [0.717, 1.165) is 4.90 Å². The fraction of sp³-hybridized carbons (Fsp3) is 0. The van der Waals surface area contributed by atoms with Gasteiger partial charge in [0, 0.05) is 34.5 Å². The Morgan fingerprint density at radius 3 is 2.46 bits per heavy atom. The molecule has 2 aromatic carbocycles. The molecule has 1 amide bonds. The normalized spacial score (nSPS) is 14.1. The molecule has 28 heavy (non-hydrogen) atoms. The fourth-order valence-electron chi connectivity index (χ4n) is 2.75. The van der Waals surface area contributed by atoms with Gasteiger partial charge in [-0.1, -0.05) is 23.9 Å². The maximum atomic E-state index is 12.9. The summed E-state index contributed by atoms with van der Waals surface area (Å²) in [7, 11) is 0. The van der Waals surface area contributed by atoms with Gasteiger partial charge in [-0.15, -0.1) is 0 Å². The molecule has 0 radical (unpaired) electrons. The lowest BCUT2D eigenvalue weighted by Gasteiger charge is -2.18. The Kier molecular flexibility index (Phi) is 4.54. The Bertz CT molecular complexity index is 1100. The van der Waals surface area contributed by atoms with Crippen LogP contribution in [0.25, 0.3) is 0 Å². The van der Waals surface area contributed by atoms with Crippen LogP contribution >= 0.6 is 11.8 Å². The van der Waals surface area contributed by atoms with E-state index >= 15 is 0 Å². The van der Waals surface area contributed by atoms with E-state index in [4.69, 9.17) is 4.42 Å². The minimum atomic E-state index is -0.520. The number of nitro groups is 1. The lowest BCUT2D eigenvalue weighted by molar-refractivity contribution is -0.384. The highest BCUT2D eigenvalue weighted by atomic mass is 32.2. The van der Waals surface area contributed by atoms with Crippen LogP contribution < -0.4 is 4.90 Å². The number of allylic oxidation sites excluding steroid dienone is 1. The summed E-state index contributed by atoms with van der Waals surface area (Å²) >= 11 is 1.27. The van der Waals surface area contributed by atoms with Gasteiger partial charge in [0.15, 0.2) is 5.76 Å². The molecular formula is C20H12N2O5S. The molecule has 0 aliphatic carbocycles. The Balaban J connectivity index is 1.75. The van der Waals surface area contributed by atoms with E-state index < -0.39 is 10.8 Å². The van der Waals surface area contributed by atoms with Crippen molar-refractivity contribution in [3.63, 3.8) is 0 Å². The highest BCUT2D eigenvalue weighted by Crippen LogP contribution is 2.40. The number of nitrogens with zero attached hydrogens (tertiary/aromatic N) is 2. The fourth-order valence-corrected chi connectivity index (χ4v) is 3.76. The van der Waals surface area contributed by atoms with Crippen LogP contribution in [0.5, 0.6) is 0 Å². The zero-order chi connectivity index (χ0) is 19.7. The highest BCUT2D eigenvalue weighted by Gasteiger charge is 2.28. The van der Waals surface area contributed by atoms with Gasteiger partial charge >= 0.3 is 0 Å². The van der Waals surface area contributed by atoms with Crippen LogP contribution in [-0.4, -0.2) is 16.6 Å². The van der Waals surface area contributed by atoms with Crippen LogP contribution in [0.2, 0.25) is 0 Å². The molecule has 0 saturated carbocycles. The van der Waals surface area contributed by atoms with E-state index in [9.17, 15) is 19.7 Å². The summed E-state index contributed by atoms with van der Waals surface area (Å²) in [5, 5.41) is 10.9. The molecule has 1 aromatic heterocycles. The van der Waals surface area contributed by atoms with E-state index in [2.05, 4.69) is 0 Å². The number of amides is 1. The van der Waals surface area contributed by atoms with Gasteiger partial charge in [-0.05, 0) is 36.4 Å². The first kappa shape index (κ1) is 17.7. The van der Waals surface area contributed by atoms with Crippen LogP contribution in [0.15, 0.2) is 87.3 Å². The van der Waals surface area contributed by atoms with E-state index in [1.54, 1.807) is 18.2 Å². The van der Waals surface area contributed by atoms with Crippen LogP contribution in [0.1, 0.15) is 20.9 Å². The molecule has 138 valence electrons. The molecule has 1 aliphatic heterocycles. The summed E-state index contributed by atoms with van der Waals surface area (Å²) in [4.78, 5) is 38.4. The SMILES string of the molecule is O=C1C(=CN(C(=O)c2ccco2)c2ccc([N+](=O)[O-])cc2)Sc2ccccc21. The standard InChI is InChI=1S/C20H12N2O5S/c23-19-15-4-1-2-6-17(15)28-18(19)12-21(20(24)16-5-3-11-27-16)13-7-9-14(10-8-13)22(25)26/h1-12H. The van der Waals surface area contributed by atoms with Crippen molar-refractivity contribution in [2.45, 2.75) is 4.90 Å². The van der Waals surface area contributed by atoms with Gasteiger partial charge in [0.2, 0.25) is 5.78 Å². The predicted molar refractivity (Wildman–Crippen MR) is 103 cm³/mol. The molecule has 8 heteroatoms. The average molecular weight is 392 g/mol. The molecule has 1 aliphatic rings. The molecule has 3 aromatic rings. The second-order valence-electron chi connectivity index (χ2n) is 5.85. The number of carbonyl (C=O) groups excluding carboxylic acids is 2. The summed E-state index contributed by atoms with van der Waals surface area (Å²) in [6.07, 6.45) is 2.82. The van der Waals surface area contributed by atoms with Gasteiger partial charge in [0.05, 0.1) is 16.1 Å². The van der Waals surface area contributed by atoms with Crippen molar-refractivity contribution < 1.29 is 18.9 Å². The van der Waals surface area contributed by atoms with Crippen molar-refractivity contribution in [3.05, 3.63) is 99.5 Å². The zero-order valence-corrected chi connectivity index (χ0v) is 15.1. The zero-order valence-electron chi connectivity index (χ0n) is 14.3. The number of Topliss-reactive ketones (excluding diaryl/α,β-unsaturated/α-hetero) is 1. The van der Waals surface area contributed by atoms with Crippen molar-refractivity contribution in [3.8, 4) is 0 Å². The first-order valence-corrected chi connectivity index (χ1v) is 9.01. The first-order chi connectivity index (χ1) is 13.5. The summed E-state index contributed by atoms with van der Waals surface area (Å²) in [6, 6.07) is 15.8. The summed E-state index contributed by atoms with van der Waals surface area (Å²) < 4.78 is 5.19. The van der Waals surface area contributed by atoms with Crippen LogP contribution in [0, 0.1) is 10.1 Å². The van der Waals surface area contributed by atoms with E-state index in [1.807, 2.05) is 12.1 Å². The summed E-state index contributed by atoms with van der Waals surface area (Å²) in [5.74, 6) is -0.585. The highest BCUT2D eigenvalue weighted by molar-refractivity contribution is 8.04. The molecule has 0 fully saturated rings. The van der Waals surface area contributed by atoms with Crippen molar-refractivity contribution >= 4 is 34.8 Å². The summed E-state index contributed by atoms with van der Waals surface area (Å²) in [5.41, 5.74) is 0.859. The Hall–Kier alpha value is -3.65. The van der Waals surface area contributed by atoms with Crippen LogP contribution in [-0.2, 0) is 0 Å². The maximum absolute atomic E-state index is 12.9. The van der Waals surface area contributed by atoms with Crippen LogP contribution in [0.4, 0.5) is 11.4 Å². The number of rotatable bonds is 4. The maximum Gasteiger partial charge on any atom is 0.298 e. The Labute approximate surface area is 163 Å². The van der Waals surface area contributed by atoms with E-state index in [0.29, 0.717) is 16.2 Å². The molecular weight excluding hydrogens is 380 g/mol. The molecule has 0 unspecified atom stereocenters. The lowest BCUT2D eigenvalue weighted by atomic mass is 10.1. The minimum Gasteiger partial charge on any atom is -0.459 e. The third-order valence-electron chi connectivity index (χ3n) is 4.11. The number of carbonyl (C=O) groups is 2. The molecule has 0 atom stereocenters. The molecule has 0 spiro atoms. The van der Waals surface area contributed by atoms with Crippen molar-refractivity contribution in [1.82, 2.24) is 0 Å². The predicted octanol–water partition coefficient (Wildman–Crippen LogP) is 4.66. The molecule has 0 saturated heterocycles. The first-order valence-electron chi connectivity index (χ1n) is 8.19. The molecule has 2 heterocycles. The van der Waals surface area contributed by atoms with Gasteiger partial charge in [-0.3, -0.25) is 24.6 Å². The molecule has 7 nitrogen and oxygen atoms in total. The number of thioether (sulfide) groups is 1. The number of ketones is 1. The molecule has 0 bridgehead atoms. The minimum absolute atomic E-state index is 0.0863. The monoisotopic (exact) mass is 392 g/mol. The number of benzene rings is 2. The van der Waals surface area contributed by atoms with Gasteiger partial charge in [0.1, 0.15) is 0 Å². The van der Waals surface area contributed by atoms with Gasteiger partial charge in [-0.25, -0.2) is 0 Å². The molecule has 0 N–H and O–H groups in total. The second-order valence-corrected chi connectivity index (χ2v) is 6.93. The number of furan rings is 1. The topological polar surface area (TPSA) is 93.7 Å². The third-order valence-corrected chi connectivity index (χ3v) is 5.20. The Morgan fingerprint density at radius 1 is 1.07 bits per heavy atom. The number of non-ortho nitro benzene ring substituents is 1. The van der Waals surface area contributed by atoms with Gasteiger partial charge in [-0.2, -0.15) is 0 Å². The lowest BCUT2D eigenvalue weighted by Crippen LogP contribution is -2.25. The van der Waals surface area contributed by atoms with Gasteiger partial charge < -0.3 is 4.42 Å². The summed E-state index contributed by atoms with van der Waals surface area (Å²) in [6.45, 7) is 0. The number of anilines is 1.